The van der Waals surface area contributed by atoms with E-state index in [1.165, 1.54) is 0 Å². The highest BCUT2D eigenvalue weighted by molar-refractivity contribution is 7.17. The first kappa shape index (κ1) is 17.5. The Balaban J connectivity index is 2.61. The van der Waals surface area contributed by atoms with Crippen molar-refractivity contribution >= 4 is 27.4 Å². The van der Waals surface area contributed by atoms with Gasteiger partial charge in [0.05, 0.1) is 12.7 Å². The van der Waals surface area contributed by atoms with Crippen LogP contribution in [-0.2, 0) is 14.9 Å². The molecule has 0 amide bonds. The second-order valence-electron chi connectivity index (χ2n) is 5.94. The third-order valence-corrected chi connectivity index (χ3v) is 4.90. The van der Waals surface area contributed by atoms with Crippen molar-refractivity contribution < 1.29 is 9.53 Å². The number of fused-ring (bicyclic) bond motifs is 1. The van der Waals surface area contributed by atoms with Gasteiger partial charge < -0.3 is 9.64 Å². The van der Waals surface area contributed by atoms with Crippen molar-refractivity contribution in [2.24, 2.45) is 0 Å². The van der Waals surface area contributed by atoms with Crippen LogP contribution in [-0.4, -0.2) is 38.1 Å². The Morgan fingerprint density at radius 1 is 1.43 bits per heavy atom. The number of esters is 1. The average molecular weight is 330 g/mol. The van der Waals surface area contributed by atoms with Crippen LogP contribution in [0.15, 0.2) is 23.6 Å². The molecule has 2 aromatic rings. The summed E-state index contributed by atoms with van der Waals surface area (Å²) in [6, 6.07) is 8.40. The quantitative estimate of drug-likeness (QED) is 0.761. The number of hydrogen-bond acceptors (Lipinski definition) is 5. The zero-order valence-corrected chi connectivity index (χ0v) is 14.9. The van der Waals surface area contributed by atoms with Crippen LogP contribution >= 0.6 is 11.3 Å². The number of thiophene rings is 1. The first-order chi connectivity index (χ1) is 10.9. The summed E-state index contributed by atoms with van der Waals surface area (Å²) in [6.45, 7) is 4.68. The predicted molar refractivity (Wildman–Crippen MR) is 93.7 cm³/mol. The maximum Gasteiger partial charge on any atom is 0.331 e. The minimum absolute atomic E-state index is 0.269. The zero-order chi connectivity index (χ0) is 17.0. The molecule has 0 saturated carbocycles. The lowest BCUT2D eigenvalue weighted by atomic mass is 9.78. The topological polar surface area (TPSA) is 53.3 Å². The third kappa shape index (κ3) is 3.39. The average Bonchev–Trinajstić information content (AvgIpc) is 2.92. The fraction of sp³-hybridized carbons (Fsp3) is 0.444. The number of nitriles is 1. The van der Waals surface area contributed by atoms with Crippen molar-refractivity contribution in [1.82, 2.24) is 4.90 Å². The van der Waals surface area contributed by atoms with E-state index in [1.807, 2.05) is 49.5 Å². The lowest BCUT2D eigenvalue weighted by Gasteiger charge is -2.26. The van der Waals surface area contributed by atoms with Gasteiger partial charge in [0, 0.05) is 10.3 Å². The number of ether oxygens (including phenoxy) is 1. The number of aryl methyl sites for hydroxylation is 1. The molecule has 5 heteroatoms. The van der Waals surface area contributed by atoms with Crippen LogP contribution in [0, 0.1) is 18.3 Å². The normalized spacial score (nSPS) is 13.7. The summed E-state index contributed by atoms with van der Waals surface area (Å²) in [4.78, 5) is 14.7. The van der Waals surface area contributed by atoms with Crippen LogP contribution in [0.25, 0.3) is 10.1 Å². The Morgan fingerprint density at radius 2 is 2.17 bits per heavy atom. The highest BCUT2D eigenvalue weighted by Crippen LogP contribution is 2.38. The fourth-order valence-electron chi connectivity index (χ4n) is 2.63. The van der Waals surface area contributed by atoms with Gasteiger partial charge in [-0.25, -0.2) is 4.79 Å². The molecule has 0 saturated heterocycles. The van der Waals surface area contributed by atoms with E-state index < -0.39 is 11.4 Å². The Hall–Kier alpha value is -1.90. The van der Waals surface area contributed by atoms with Gasteiger partial charge >= 0.3 is 5.97 Å². The van der Waals surface area contributed by atoms with Crippen molar-refractivity contribution in [2.45, 2.75) is 25.7 Å². The summed E-state index contributed by atoms with van der Waals surface area (Å²) < 4.78 is 6.34. The van der Waals surface area contributed by atoms with Crippen LogP contribution in [0.4, 0.5) is 0 Å². The molecular formula is C18H22N2O2S. The number of benzene rings is 1. The summed E-state index contributed by atoms with van der Waals surface area (Å²) >= 11 is 1.56. The standard InChI is InChI=1S/C18H22N2O2S/c1-5-22-17(21)18(12-19,8-9-20(3)4)15-11-23-16-7-6-13(2)10-14(15)16/h6-7,10-11H,5,8-9H2,1-4H3/t18-/m1/s1. The lowest BCUT2D eigenvalue weighted by Crippen LogP contribution is -2.38. The van der Waals surface area contributed by atoms with Crippen molar-refractivity contribution in [3.63, 3.8) is 0 Å². The molecule has 1 aromatic carbocycles. The van der Waals surface area contributed by atoms with Gasteiger partial charge in [0.1, 0.15) is 0 Å². The first-order valence-electron chi connectivity index (χ1n) is 7.66. The van der Waals surface area contributed by atoms with Crippen LogP contribution in [0.2, 0.25) is 0 Å². The molecule has 4 nitrogen and oxygen atoms in total. The SMILES string of the molecule is CCOC(=O)[C@@](C#N)(CCN(C)C)c1csc2ccc(C)cc12. The number of rotatable bonds is 6. The monoisotopic (exact) mass is 330 g/mol. The van der Waals surface area contributed by atoms with Crippen molar-refractivity contribution in [1.29, 1.82) is 5.26 Å². The van der Waals surface area contributed by atoms with Gasteiger partial charge in [-0.1, -0.05) is 17.7 Å². The molecule has 0 N–H and O–H groups in total. The molecule has 0 fully saturated rings. The molecule has 0 spiro atoms. The number of nitrogens with zero attached hydrogens (tertiary/aromatic N) is 2. The molecule has 0 aliphatic heterocycles. The van der Waals surface area contributed by atoms with Crippen LogP contribution < -0.4 is 0 Å². The number of hydrogen-bond donors (Lipinski definition) is 0. The van der Waals surface area contributed by atoms with Gasteiger partial charge in [-0.05, 0) is 57.7 Å². The summed E-state index contributed by atoms with van der Waals surface area (Å²) in [7, 11) is 3.87. The molecule has 0 aliphatic rings. The largest absolute Gasteiger partial charge is 0.465 e. The highest BCUT2D eigenvalue weighted by Gasteiger charge is 2.43. The zero-order valence-electron chi connectivity index (χ0n) is 14.0. The first-order valence-corrected chi connectivity index (χ1v) is 8.54. The highest BCUT2D eigenvalue weighted by atomic mass is 32.1. The Labute approximate surface area is 141 Å². The maximum absolute atomic E-state index is 12.7. The molecule has 2 rings (SSSR count). The van der Waals surface area contributed by atoms with Gasteiger partial charge in [0.15, 0.2) is 5.41 Å². The molecular weight excluding hydrogens is 308 g/mol. The van der Waals surface area contributed by atoms with Gasteiger partial charge in [-0.2, -0.15) is 5.26 Å². The molecule has 1 aromatic heterocycles. The maximum atomic E-state index is 12.7. The summed E-state index contributed by atoms with van der Waals surface area (Å²) in [5.74, 6) is -0.453. The van der Waals surface area contributed by atoms with E-state index in [9.17, 15) is 10.1 Å². The van der Waals surface area contributed by atoms with Gasteiger partial charge in [0.2, 0.25) is 0 Å². The molecule has 0 unspecified atom stereocenters. The summed E-state index contributed by atoms with van der Waals surface area (Å²) in [5, 5.41) is 12.8. The number of carbonyl (C=O) groups excluding carboxylic acids is 1. The van der Waals surface area contributed by atoms with Gasteiger partial charge in [-0.15, -0.1) is 11.3 Å². The van der Waals surface area contributed by atoms with Crippen LogP contribution in [0.1, 0.15) is 24.5 Å². The van der Waals surface area contributed by atoms with Crippen molar-refractivity contribution in [2.75, 3.05) is 27.2 Å². The Morgan fingerprint density at radius 3 is 2.78 bits per heavy atom. The molecule has 1 heterocycles. The number of carbonyl (C=O) groups is 1. The fourth-order valence-corrected chi connectivity index (χ4v) is 3.64. The van der Waals surface area contributed by atoms with E-state index in [1.54, 1.807) is 18.3 Å². The molecule has 1 atom stereocenters. The Kier molecular flexibility index (Phi) is 5.40. The van der Waals surface area contributed by atoms with E-state index in [0.717, 1.165) is 21.2 Å². The predicted octanol–water partition coefficient (Wildman–Crippen LogP) is 3.49. The molecule has 122 valence electrons. The van der Waals surface area contributed by atoms with E-state index >= 15 is 0 Å². The lowest BCUT2D eigenvalue weighted by molar-refractivity contribution is -0.148. The molecule has 23 heavy (non-hydrogen) atoms. The third-order valence-electron chi connectivity index (χ3n) is 3.94. The smallest absolute Gasteiger partial charge is 0.331 e. The molecule has 0 aliphatic carbocycles. The van der Waals surface area contributed by atoms with E-state index in [0.29, 0.717) is 13.0 Å². The van der Waals surface area contributed by atoms with Gasteiger partial charge in [0.25, 0.3) is 0 Å². The van der Waals surface area contributed by atoms with Crippen molar-refractivity contribution in [3.8, 4) is 6.07 Å². The summed E-state index contributed by atoms with van der Waals surface area (Å²) in [6.07, 6.45) is 0.412. The molecule has 0 bridgehead atoms. The second kappa shape index (κ2) is 7.12. The summed E-state index contributed by atoms with van der Waals surface area (Å²) in [5.41, 5.74) is 0.622. The van der Waals surface area contributed by atoms with E-state index in [-0.39, 0.29) is 6.61 Å². The second-order valence-corrected chi connectivity index (χ2v) is 6.85. The Bertz CT molecular complexity index is 745. The van der Waals surface area contributed by atoms with E-state index in [4.69, 9.17) is 4.74 Å². The van der Waals surface area contributed by atoms with E-state index in [2.05, 4.69) is 6.07 Å². The minimum Gasteiger partial charge on any atom is -0.465 e. The van der Waals surface area contributed by atoms with Crippen molar-refractivity contribution in [3.05, 3.63) is 34.7 Å². The van der Waals surface area contributed by atoms with Gasteiger partial charge in [-0.3, -0.25) is 0 Å². The molecule has 0 radical (unpaired) electrons. The van der Waals surface area contributed by atoms with Crippen LogP contribution in [0.5, 0.6) is 0 Å². The minimum atomic E-state index is -1.26. The van der Waals surface area contributed by atoms with Crippen LogP contribution in [0.3, 0.4) is 0 Å².